The van der Waals surface area contributed by atoms with E-state index in [1.807, 2.05) is 0 Å². The second-order valence-corrected chi connectivity index (χ2v) is 5.44. The largest absolute Gasteiger partial charge is 0.219 e. The van der Waals surface area contributed by atoms with Crippen molar-refractivity contribution in [2.45, 2.75) is 12.7 Å². The number of nitriles is 1. The fourth-order valence-corrected chi connectivity index (χ4v) is 2.85. The van der Waals surface area contributed by atoms with E-state index < -0.39 is 15.8 Å². The van der Waals surface area contributed by atoms with Crippen LogP contribution in [0, 0.1) is 17.1 Å². The molecule has 0 atom stereocenters. The first-order chi connectivity index (χ1) is 7.99. The molecular weight excluding hydrogens is 243 g/mol. The van der Waals surface area contributed by atoms with Gasteiger partial charge in [-0.05, 0) is 17.7 Å². The van der Waals surface area contributed by atoms with E-state index in [0.717, 1.165) is 4.31 Å². The van der Waals surface area contributed by atoms with Gasteiger partial charge in [0.2, 0.25) is 10.0 Å². The van der Waals surface area contributed by atoms with Crippen LogP contribution in [-0.4, -0.2) is 25.8 Å². The van der Waals surface area contributed by atoms with Gasteiger partial charge in [0, 0.05) is 6.54 Å². The minimum atomic E-state index is -3.56. The quantitative estimate of drug-likeness (QED) is 0.750. The minimum Gasteiger partial charge on any atom is -0.212 e. The summed E-state index contributed by atoms with van der Waals surface area (Å²) in [6.07, 6.45) is 0. The molecule has 0 aliphatic rings. The first-order valence-corrected chi connectivity index (χ1v) is 6.69. The summed E-state index contributed by atoms with van der Waals surface area (Å²) in [5.74, 6) is -0.763. The average molecular weight is 256 g/mol. The van der Waals surface area contributed by atoms with Gasteiger partial charge in [0.15, 0.2) is 0 Å². The van der Waals surface area contributed by atoms with Crippen molar-refractivity contribution in [3.8, 4) is 6.07 Å². The highest BCUT2D eigenvalue weighted by Crippen LogP contribution is 2.11. The predicted molar refractivity (Wildman–Crippen MR) is 61.9 cm³/mol. The van der Waals surface area contributed by atoms with Gasteiger partial charge in [0.05, 0.1) is 11.8 Å². The third-order valence-electron chi connectivity index (χ3n) is 2.23. The fraction of sp³-hybridized carbons (Fsp3) is 0.364. The maximum Gasteiger partial charge on any atom is 0.219 e. The van der Waals surface area contributed by atoms with E-state index in [2.05, 4.69) is 0 Å². The second kappa shape index (κ2) is 5.75. The lowest BCUT2D eigenvalue weighted by Gasteiger charge is -2.16. The van der Waals surface area contributed by atoms with Gasteiger partial charge in [-0.15, -0.1) is 0 Å². The maximum absolute atomic E-state index is 12.9. The van der Waals surface area contributed by atoms with Crippen LogP contribution in [0.2, 0.25) is 0 Å². The van der Waals surface area contributed by atoms with Crippen LogP contribution in [0.4, 0.5) is 4.39 Å². The van der Waals surface area contributed by atoms with Crippen molar-refractivity contribution in [1.82, 2.24) is 4.31 Å². The molecule has 1 aromatic carbocycles. The molecule has 0 aliphatic heterocycles. The highest BCUT2D eigenvalue weighted by atomic mass is 32.2. The Morgan fingerprint density at radius 1 is 1.47 bits per heavy atom. The molecular formula is C11H13FN2O2S. The topological polar surface area (TPSA) is 61.2 Å². The lowest BCUT2D eigenvalue weighted by molar-refractivity contribution is 0.461. The Morgan fingerprint density at radius 2 is 2.18 bits per heavy atom. The van der Waals surface area contributed by atoms with Gasteiger partial charge in [-0.25, -0.2) is 12.8 Å². The summed E-state index contributed by atoms with van der Waals surface area (Å²) in [4.78, 5) is 0. The number of sulfonamides is 1. The van der Waals surface area contributed by atoms with E-state index >= 15 is 0 Å². The predicted octanol–water partition coefficient (Wildman–Crippen LogP) is 1.50. The summed E-state index contributed by atoms with van der Waals surface area (Å²) in [6.45, 7) is 1.69. The lowest BCUT2D eigenvalue weighted by atomic mass is 10.2. The monoisotopic (exact) mass is 256 g/mol. The molecule has 0 spiro atoms. The Labute approximate surface area is 100 Å². The Kier molecular flexibility index (Phi) is 4.61. The number of hydrogen-bond donors (Lipinski definition) is 0. The van der Waals surface area contributed by atoms with Gasteiger partial charge in [0.1, 0.15) is 12.4 Å². The highest BCUT2D eigenvalue weighted by molar-refractivity contribution is 7.88. The molecule has 0 amide bonds. The maximum atomic E-state index is 12.9. The molecule has 0 aromatic heterocycles. The molecule has 0 fully saturated rings. The number of benzene rings is 1. The third-order valence-corrected chi connectivity index (χ3v) is 4.10. The number of nitrogens with zero attached hydrogens (tertiary/aromatic N) is 2. The van der Waals surface area contributed by atoms with Gasteiger partial charge in [-0.3, -0.25) is 0 Å². The zero-order valence-electron chi connectivity index (χ0n) is 9.43. The summed E-state index contributed by atoms with van der Waals surface area (Å²) >= 11 is 0. The van der Waals surface area contributed by atoms with Crippen LogP contribution in [-0.2, 0) is 15.8 Å². The molecule has 0 bridgehead atoms. The van der Waals surface area contributed by atoms with Crippen molar-refractivity contribution in [3.63, 3.8) is 0 Å². The first kappa shape index (κ1) is 13.6. The smallest absolute Gasteiger partial charge is 0.212 e. The van der Waals surface area contributed by atoms with Crippen LogP contribution in [0.25, 0.3) is 0 Å². The molecule has 0 heterocycles. The van der Waals surface area contributed by atoms with Crippen LogP contribution in [0.15, 0.2) is 24.3 Å². The SMILES string of the molecule is CCN(CC#N)S(=O)(=O)Cc1cccc(F)c1. The van der Waals surface area contributed by atoms with Crippen molar-refractivity contribution in [2.24, 2.45) is 0 Å². The standard InChI is InChI=1S/C11H13FN2O2S/c1-2-14(7-6-13)17(15,16)9-10-4-3-5-11(12)8-10/h3-5,8H,2,7,9H2,1H3. The van der Waals surface area contributed by atoms with Crippen molar-refractivity contribution in [1.29, 1.82) is 5.26 Å². The second-order valence-electron chi connectivity index (χ2n) is 3.47. The van der Waals surface area contributed by atoms with E-state index in [1.54, 1.807) is 19.1 Å². The summed E-state index contributed by atoms with van der Waals surface area (Å²) in [5, 5.41) is 8.53. The Morgan fingerprint density at radius 3 is 2.71 bits per heavy atom. The zero-order valence-corrected chi connectivity index (χ0v) is 10.2. The van der Waals surface area contributed by atoms with Crippen LogP contribution < -0.4 is 0 Å². The van der Waals surface area contributed by atoms with Crippen LogP contribution in [0.5, 0.6) is 0 Å². The normalized spacial score (nSPS) is 11.4. The van der Waals surface area contributed by atoms with E-state index in [1.165, 1.54) is 18.2 Å². The minimum absolute atomic E-state index is 0.186. The number of rotatable bonds is 5. The molecule has 1 rings (SSSR count). The molecule has 1 aromatic rings. The molecule has 92 valence electrons. The van der Waals surface area contributed by atoms with Gasteiger partial charge < -0.3 is 0 Å². The zero-order chi connectivity index (χ0) is 12.9. The van der Waals surface area contributed by atoms with E-state index in [9.17, 15) is 12.8 Å². The van der Waals surface area contributed by atoms with Gasteiger partial charge in [-0.2, -0.15) is 9.57 Å². The van der Waals surface area contributed by atoms with Crippen LogP contribution in [0.3, 0.4) is 0 Å². The Bertz CT molecular complexity index is 523. The molecule has 0 saturated carbocycles. The van der Waals surface area contributed by atoms with Crippen LogP contribution in [0.1, 0.15) is 12.5 Å². The van der Waals surface area contributed by atoms with Crippen molar-refractivity contribution < 1.29 is 12.8 Å². The summed E-state index contributed by atoms with van der Waals surface area (Å²) in [7, 11) is -3.56. The van der Waals surface area contributed by atoms with Crippen molar-refractivity contribution in [3.05, 3.63) is 35.6 Å². The molecule has 0 radical (unpaired) electrons. The van der Waals surface area contributed by atoms with E-state index in [-0.39, 0.29) is 18.8 Å². The third kappa shape index (κ3) is 3.80. The molecule has 0 N–H and O–H groups in total. The lowest BCUT2D eigenvalue weighted by Crippen LogP contribution is -2.32. The molecule has 6 heteroatoms. The van der Waals surface area contributed by atoms with Gasteiger partial charge in [0.25, 0.3) is 0 Å². The van der Waals surface area contributed by atoms with E-state index in [0.29, 0.717) is 5.56 Å². The highest BCUT2D eigenvalue weighted by Gasteiger charge is 2.20. The Balaban J connectivity index is 2.90. The molecule has 0 unspecified atom stereocenters. The molecule has 4 nitrogen and oxygen atoms in total. The summed E-state index contributed by atoms with van der Waals surface area (Å²) in [6, 6.07) is 7.23. The van der Waals surface area contributed by atoms with Gasteiger partial charge in [-0.1, -0.05) is 19.1 Å². The fourth-order valence-electron chi connectivity index (χ4n) is 1.41. The average Bonchev–Trinajstić information content (AvgIpc) is 2.24. The van der Waals surface area contributed by atoms with Crippen molar-refractivity contribution >= 4 is 10.0 Å². The molecule has 0 aliphatic carbocycles. The van der Waals surface area contributed by atoms with Crippen LogP contribution >= 0.6 is 0 Å². The summed E-state index contributed by atoms with van der Waals surface area (Å²) in [5.41, 5.74) is 0.376. The summed E-state index contributed by atoms with van der Waals surface area (Å²) < 4.78 is 37.7. The first-order valence-electron chi connectivity index (χ1n) is 5.09. The van der Waals surface area contributed by atoms with Crippen molar-refractivity contribution in [2.75, 3.05) is 13.1 Å². The molecule has 0 saturated heterocycles. The Hall–Kier alpha value is -1.45. The van der Waals surface area contributed by atoms with E-state index in [4.69, 9.17) is 5.26 Å². The molecule has 17 heavy (non-hydrogen) atoms. The number of halogens is 1. The number of hydrogen-bond acceptors (Lipinski definition) is 3. The van der Waals surface area contributed by atoms with Gasteiger partial charge >= 0.3 is 0 Å².